The molecule has 0 fully saturated rings. The molecule has 2 aromatic rings. The van der Waals surface area contributed by atoms with Crippen LogP contribution in [0.4, 0.5) is 5.69 Å². The SMILES string of the molecule is [C-]#[N+]c1c(-c2ccc(CC(C)C)cc2)c(C(=O)OCC)n(C)c1CC. The Hall–Kier alpha value is -2.54. The van der Waals surface area contributed by atoms with Crippen LogP contribution in [0, 0.1) is 12.5 Å². The molecule has 0 aliphatic rings. The average Bonchev–Trinajstić information content (AvgIpc) is 2.86. The molecular formula is C21H26N2O2. The number of nitrogens with zero attached hydrogens (tertiary/aromatic N) is 2. The van der Waals surface area contributed by atoms with Crippen LogP contribution in [-0.4, -0.2) is 17.1 Å². The molecule has 4 nitrogen and oxygen atoms in total. The second-order valence-electron chi connectivity index (χ2n) is 6.56. The van der Waals surface area contributed by atoms with Crippen molar-refractivity contribution in [3.05, 3.63) is 52.6 Å². The predicted molar refractivity (Wildman–Crippen MR) is 101 cm³/mol. The Morgan fingerprint density at radius 2 is 1.88 bits per heavy atom. The maximum Gasteiger partial charge on any atom is 0.354 e. The molecule has 132 valence electrons. The normalized spacial score (nSPS) is 10.8. The van der Waals surface area contributed by atoms with E-state index in [9.17, 15) is 4.79 Å². The van der Waals surface area contributed by atoms with E-state index >= 15 is 0 Å². The van der Waals surface area contributed by atoms with Crippen molar-refractivity contribution in [2.24, 2.45) is 13.0 Å². The molecule has 0 bridgehead atoms. The van der Waals surface area contributed by atoms with Crippen molar-refractivity contribution in [2.45, 2.75) is 40.5 Å². The highest BCUT2D eigenvalue weighted by Gasteiger charge is 2.26. The maximum atomic E-state index is 12.5. The highest BCUT2D eigenvalue weighted by Crippen LogP contribution is 2.39. The molecular weight excluding hydrogens is 312 g/mol. The maximum absolute atomic E-state index is 12.5. The Kier molecular flexibility index (Phi) is 6.03. The van der Waals surface area contributed by atoms with Crippen molar-refractivity contribution in [2.75, 3.05) is 6.61 Å². The number of rotatable bonds is 6. The van der Waals surface area contributed by atoms with Gasteiger partial charge in [-0.3, -0.25) is 0 Å². The highest BCUT2D eigenvalue weighted by molar-refractivity contribution is 6.01. The number of carbonyl (C=O) groups excluding carboxylic acids is 1. The zero-order chi connectivity index (χ0) is 18.6. The minimum Gasteiger partial charge on any atom is -0.461 e. The van der Waals surface area contributed by atoms with Crippen molar-refractivity contribution < 1.29 is 9.53 Å². The van der Waals surface area contributed by atoms with E-state index in [1.165, 1.54) is 5.56 Å². The number of hydrogen-bond donors (Lipinski definition) is 0. The van der Waals surface area contributed by atoms with Crippen LogP contribution in [-0.2, 0) is 24.6 Å². The van der Waals surface area contributed by atoms with E-state index in [0.29, 0.717) is 35.9 Å². The molecule has 0 radical (unpaired) electrons. The molecule has 0 N–H and O–H groups in total. The number of benzene rings is 1. The first-order chi connectivity index (χ1) is 11.9. The number of carbonyl (C=O) groups is 1. The molecule has 0 spiro atoms. The van der Waals surface area contributed by atoms with Gasteiger partial charge in [0.1, 0.15) is 5.69 Å². The van der Waals surface area contributed by atoms with Gasteiger partial charge in [0.05, 0.1) is 13.2 Å². The smallest absolute Gasteiger partial charge is 0.354 e. The Labute approximate surface area is 150 Å². The molecule has 4 heteroatoms. The lowest BCUT2D eigenvalue weighted by Gasteiger charge is -2.10. The summed E-state index contributed by atoms with van der Waals surface area (Å²) >= 11 is 0. The van der Waals surface area contributed by atoms with Crippen molar-refractivity contribution >= 4 is 11.7 Å². The lowest BCUT2D eigenvalue weighted by atomic mass is 9.98. The van der Waals surface area contributed by atoms with Gasteiger partial charge in [0.15, 0.2) is 0 Å². The lowest BCUT2D eigenvalue weighted by molar-refractivity contribution is 0.0516. The summed E-state index contributed by atoms with van der Waals surface area (Å²) in [6.45, 7) is 16.1. The molecule has 2 rings (SSSR count). The number of hydrogen-bond acceptors (Lipinski definition) is 2. The van der Waals surface area contributed by atoms with Crippen molar-refractivity contribution in [1.29, 1.82) is 0 Å². The summed E-state index contributed by atoms with van der Waals surface area (Å²) in [5.41, 5.74) is 4.69. The van der Waals surface area contributed by atoms with E-state index in [1.54, 1.807) is 6.92 Å². The van der Waals surface area contributed by atoms with Crippen molar-refractivity contribution in [3.63, 3.8) is 0 Å². The summed E-state index contributed by atoms with van der Waals surface area (Å²) < 4.78 is 7.05. The quantitative estimate of drug-likeness (QED) is 0.537. The fourth-order valence-electron chi connectivity index (χ4n) is 3.23. The van der Waals surface area contributed by atoms with Gasteiger partial charge in [-0.2, -0.15) is 0 Å². The zero-order valence-corrected chi connectivity index (χ0v) is 15.7. The Bertz CT molecular complexity index is 793. The van der Waals surface area contributed by atoms with Crippen LogP contribution >= 0.6 is 0 Å². The largest absolute Gasteiger partial charge is 0.461 e. The second kappa shape index (κ2) is 8.02. The van der Waals surface area contributed by atoms with E-state index in [0.717, 1.165) is 17.7 Å². The first-order valence-corrected chi connectivity index (χ1v) is 8.79. The van der Waals surface area contributed by atoms with Crippen molar-refractivity contribution in [3.8, 4) is 11.1 Å². The van der Waals surface area contributed by atoms with Gasteiger partial charge in [-0.25, -0.2) is 9.64 Å². The van der Waals surface area contributed by atoms with E-state index in [4.69, 9.17) is 11.3 Å². The summed E-state index contributed by atoms with van der Waals surface area (Å²) in [7, 11) is 1.83. The molecule has 0 saturated heterocycles. The molecule has 1 aromatic carbocycles. The fourth-order valence-corrected chi connectivity index (χ4v) is 3.23. The minimum atomic E-state index is -0.379. The summed E-state index contributed by atoms with van der Waals surface area (Å²) in [5.74, 6) is 0.207. The summed E-state index contributed by atoms with van der Waals surface area (Å²) in [4.78, 5) is 16.3. The Balaban J connectivity index is 2.62. The molecule has 1 aromatic heterocycles. The van der Waals surface area contributed by atoms with Crippen molar-refractivity contribution in [1.82, 2.24) is 4.57 Å². The third-order valence-electron chi connectivity index (χ3n) is 4.29. The Morgan fingerprint density at radius 1 is 1.24 bits per heavy atom. The first-order valence-electron chi connectivity index (χ1n) is 8.79. The molecule has 0 amide bonds. The molecule has 1 heterocycles. The van der Waals surface area contributed by atoms with E-state index in [1.807, 2.05) is 30.7 Å². The topological polar surface area (TPSA) is 35.6 Å². The van der Waals surface area contributed by atoms with Gasteiger partial charge in [-0.05, 0) is 36.8 Å². The van der Waals surface area contributed by atoms with E-state index < -0.39 is 0 Å². The van der Waals surface area contributed by atoms with Crippen LogP contribution < -0.4 is 0 Å². The highest BCUT2D eigenvalue weighted by atomic mass is 16.5. The van der Waals surface area contributed by atoms with Gasteiger partial charge in [0.25, 0.3) is 0 Å². The van der Waals surface area contributed by atoms with Gasteiger partial charge in [0, 0.05) is 18.3 Å². The summed E-state index contributed by atoms with van der Waals surface area (Å²) in [6, 6.07) is 8.17. The molecule has 0 atom stereocenters. The van der Waals surface area contributed by atoms with Gasteiger partial charge in [-0.15, -0.1) is 0 Å². The molecule has 25 heavy (non-hydrogen) atoms. The van der Waals surface area contributed by atoms with E-state index in [2.05, 4.69) is 30.8 Å². The Morgan fingerprint density at radius 3 is 2.36 bits per heavy atom. The van der Waals surface area contributed by atoms with Crippen LogP contribution in [0.5, 0.6) is 0 Å². The van der Waals surface area contributed by atoms with Crippen LogP contribution in [0.3, 0.4) is 0 Å². The molecule has 0 aliphatic heterocycles. The third kappa shape index (κ3) is 3.76. The monoisotopic (exact) mass is 338 g/mol. The van der Waals surface area contributed by atoms with Gasteiger partial charge < -0.3 is 9.30 Å². The van der Waals surface area contributed by atoms with Crippen LogP contribution in [0.2, 0.25) is 0 Å². The molecule has 0 unspecified atom stereocenters. The minimum absolute atomic E-state index is 0.311. The number of aromatic nitrogens is 1. The van der Waals surface area contributed by atoms with Crippen LogP contribution in [0.15, 0.2) is 24.3 Å². The van der Waals surface area contributed by atoms with Gasteiger partial charge >= 0.3 is 5.97 Å². The third-order valence-corrected chi connectivity index (χ3v) is 4.29. The predicted octanol–water partition coefficient (Wildman–Crippen LogP) is 5.18. The fraction of sp³-hybridized carbons (Fsp3) is 0.429. The van der Waals surface area contributed by atoms with E-state index in [-0.39, 0.29) is 5.97 Å². The van der Waals surface area contributed by atoms with Crippen LogP contribution in [0.1, 0.15) is 49.4 Å². The second-order valence-corrected chi connectivity index (χ2v) is 6.56. The van der Waals surface area contributed by atoms with Crippen LogP contribution in [0.25, 0.3) is 16.0 Å². The standard InChI is InChI=1S/C21H26N2O2/c1-7-17-19(22-5)18(20(23(17)6)21(24)25-8-2)16-11-9-15(10-12-16)13-14(3)4/h9-12,14H,7-8,13H2,1-4,6H3. The first kappa shape index (κ1) is 18.8. The zero-order valence-electron chi connectivity index (χ0n) is 15.7. The lowest BCUT2D eigenvalue weighted by Crippen LogP contribution is -2.12. The summed E-state index contributed by atoms with van der Waals surface area (Å²) in [6.07, 6.45) is 1.70. The van der Waals surface area contributed by atoms with Gasteiger partial charge in [-0.1, -0.05) is 45.0 Å². The molecule has 0 saturated carbocycles. The number of ether oxygens (including phenoxy) is 1. The van der Waals surface area contributed by atoms with Gasteiger partial charge in [0.2, 0.25) is 5.69 Å². The molecule has 0 aliphatic carbocycles. The number of esters is 1. The average molecular weight is 338 g/mol. The summed E-state index contributed by atoms with van der Waals surface area (Å²) in [5, 5.41) is 0.